The smallest absolute Gasteiger partial charge is 0.141 e. The SMILES string of the molecule is OC(c1ccccn1)C1CCN(Cc2ccc(F)c(Cl)c2)CC1. The second kappa shape index (κ2) is 7.39. The number of aromatic nitrogens is 1. The van der Waals surface area contributed by atoms with Crippen molar-refractivity contribution in [2.75, 3.05) is 13.1 Å². The molecule has 23 heavy (non-hydrogen) atoms. The maximum Gasteiger partial charge on any atom is 0.141 e. The molecule has 1 saturated heterocycles. The highest BCUT2D eigenvalue weighted by Gasteiger charge is 2.26. The summed E-state index contributed by atoms with van der Waals surface area (Å²) < 4.78 is 13.2. The van der Waals surface area contributed by atoms with Crippen LogP contribution in [0.1, 0.15) is 30.2 Å². The number of halogens is 2. The van der Waals surface area contributed by atoms with Gasteiger partial charge in [0.15, 0.2) is 0 Å². The van der Waals surface area contributed by atoms with Gasteiger partial charge in [-0.15, -0.1) is 0 Å². The number of hydrogen-bond donors (Lipinski definition) is 1. The van der Waals surface area contributed by atoms with Gasteiger partial charge in [0.1, 0.15) is 5.82 Å². The van der Waals surface area contributed by atoms with Crippen LogP contribution in [0, 0.1) is 11.7 Å². The minimum absolute atomic E-state index is 0.169. The summed E-state index contributed by atoms with van der Waals surface area (Å²) >= 11 is 5.83. The minimum atomic E-state index is -0.501. The Hall–Kier alpha value is -1.49. The topological polar surface area (TPSA) is 36.4 Å². The zero-order chi connectivity index (χ0) is 16.2. The molecule has 1 fully saturated rings. The van der Waals surface area contributed by atoms with Crippen LogP contribution < -0.4 is 0 Å². The first-order valence-electron chi connectivity index (χ1n) is 7.89. The second-order valence-corrected chi connectivity index (χ2v) is 6.47. The predicted octanol–water partition coefficient (Wildman–Crippen LogP) is 3.82. The van der Waals surface area contributed by atoms with Gasteiger partial charge < -0.3 is 5.11 Å². The van der Waals surface area contributed by atoms with Crippen molar-refractivity contribution in [2.45, 2.75) is 25.5 Å². The first-order valence-corrected chi connectivity index (χ1v) is 8.26. The molecule has 1 aliphatic heterocycles. The van der Waals surface area contributed by atoms with E-state index in [1.54, 1.807) is 18.3 Å². The third-order valence-corrected chi connectivity index (χ3v) is 4.75. The van der Waals surface area contributed by atoms with Crippen molar-refractivity contribution in [3.05, 3.63) is 64.7 Å². The molecule has 0 radical (unpaired) electrons. The van der Waals surface area contributed by atoms with Gasteiger partial charge in [0.25, 0.3) is 0 Å². The van der Waals surface area contributed by atoms with Gasteiger partial charge in [-0.1, -0.05) is 23.7 Å². The Bertz CT molecular complexity index is 645. The molecule has 1 aromatic heterocycles. The molecule has 1 N–H and O–H groups in total. The van der Waals surface area contributed by atoms with Gasteiger partial charge >= 0.3 is 0 Å². The molecule has 122 valence electrons. The van der Waals surface area contributed by atoms with Crippen LogP contribution in [0.4, 0.5) is 4.39 Å². The van der Waals surface area contributed by atoms with Gasteiger partial charge in [0.2, 0.25) is 0 Å². The zero-order valence-corrected chi connectivity index (χ0v) is 13.6. The molecule has 1 unspecified atom stereocenters. The maximum absolute atomic E-state index is 13.2. The molecule has 5 heteroatoms. The van der Waals surface area contributed by atoms with E-state index in [9.17, 15) is 9.50 Å². The number of hydrogen-bond acceptors (Lipinski definition) is 3. The summed E-state index contributed by atoms with van der Waals surface area (Å²) in [5, 5.41) is 10.6. The van der Waals surface area contributed by atoms with Crippen LogP contribution in [0.15, 0.2) is 42.6 Å². The molecular formula is C18H20ClFN2O. The Morgan fingerprint density at radius 2 is 2.04 bits per heavy atom. The van der Waals surface area contributed by atoms with E-state index in [0.29, 0.717) is 0 Å². The van der Waals surface area contributed by atoms with Crippen LogP contribution in [0.2, 0.25) is 5.02 Å². The van der Waals surface area contributed by atoms with Crippen molar-refractivity contribution in [3.63, 3.8) is 0 Å². The van der Waals surface area contributed by atoms with Crippen molar-refractivity contribution < 1.29 is 9.50 Å². The van der Waals surface area contributed by atoms with Gasteiger partial charge in [-0.3, -0.25) is 9.88 Å². The normalized spacial score (nSPS) is 18.0. The molecule has 3 nitrogen and oxygen atoms in total. The maximum atomic E-state index is 13.2. The number of aliphatic hydroxyl groups is 1. The number of rotatable bonds is 4. The zero-order valence-electron chi connectivity index (χ0n) is 12.8. The van der Waals surface area contributed by atoms with E-state index in [1.807, 2.05) is 18.2 Å². The molecule has 0 amide bonds. The lowest BCUT2D eigenvalue weighted by molar-refractivity contribution is 0.0540. The van der Waals surface area contributed by atoms with Crippen LogP contribution in [0.25, 0.3) is 0 Å². The third kappa shape index (κ3) is 4.08. The summed E-state index contributed by atoms with van der Waals surface area (Å²) in [5.41, 5.74) is 1.76. The van der Waals surface area contributed by atoms with E-state index in [-0.39, 0.29) is 16.8 Å². The number of pyridine rings is 1. The average Bonchev–Trinajstić information content (AvgIpc) is 2.59. The monoisotopic (exact) mass is 334 g/mol. The summed E-state index contributed by atoms with van der Waals surface area (Å²) in [4.78, 5) is 6.56. The lowest BCUT2D eigenvalue weighted by Crippen LogP contribution is -2.35. The van der Waals surface area contributed by atoms with Crippen molar-refractivity contribution in [1.82, 2.24) is 9.88 Å². The minimum Gasteiger partial charge on any atom is -0.387 e. The highest BCUT2D eigenvalue weighted by Crippen LogP contribution is 2.30. The van der Waals surface area contributed by atoms with Crippen LogP contribution in [0.5, 0.6) is 0 Å². The quantitative estimate of drug-likeness (QED) is 0.923. The number of likely N-dealkylation sites (tertiary alicyclic amines) is 1. The van der Waals surface area contributed by atoms with Crippen LogP contribution in [0.3, 0.4) is 0 Å². The molecule has 0 spiro atoms. The van der Waals surface area contributed by atoms with E-state index in [0.717, 1.165) is 43.7 Å². The van der Waals surface area contributed by atoms with E-state index in [4.69, 9.17) is 11.6 Å². The molecule has 0 bridgehead atoms. The van der Waals surface area contributed by atoms with Crippen LogP contribution in [-0.2, 0) is 6.54 Å². The van der Waals surface area contributed by atoms with Crippen molar-refractivity contribution in [3.8, 4) is 0 Å². The first kappa shape index (κ1) is 16.4. The largest absolute Gasteiger partial charge is 0.387 e. The molecule has 2 heterocycles. The fourth-order valence-corrected chi connectivity index (χ4v) is 3.32. The molecule has 1 atom stereocenters. The van der Waals surface area contributed by atoms with Crippen LogP contribution >= 0.6 is 11.6 Å². The Morgan fingerprint density at radius 1 is 1.26 bits per heavy atom. The van der Waals surface area contributed by atoms with Crippen molar-refractivity contribution in [1.29, 1.82) is 0 Å². The molecule has 0 saturated carbocycles. The summed E-state index contributed by atoms with van der Waals surface area (Å²) in [5.74, 6) is -0.148. The van der Waals surface area contributed by atoms with E-state index >= 15 is 0 Å². The average molecular weight is 335 g/mol. The van der Waals surface area contributed by atoms with Gasteiger partial charge in [0.05, 0.1) is 16.8 Å². The molecule has 1 aliphatic rings. The molecule has 1 aromatic carbocycles. The molecule has 3 rings (SSSR count). The Morgan fingerprint density at radius 3 is 2.70 bits per heavy atom. The lowest BCUT2D eigenvalue weighted by Gasteiger charge is -2.34. The first-order chi connectivity index (χ1) is 11.1. The Balaban J connectivity index is 1.55. The summed E-state index contributed by atoms with van der Waals surface area (Å²) in [6.45, 7) is 2.57. The highest BCUT2D eigenvalue weighted by atomic mass is 35.5. The molecule has 2 aromatic rings. The second-order valence-electron chi connectivity index (χ2n) is 6.06. The van der Waals surface area contributed by atoms with Gasteiger partial charge in [0, 0.05) is 12.7 Å². The van der Waals surface area contributed by atoms with Crippen molar-refractivity contribution >= 4 is 11.6 Å². The fraction of sp³-hybridized carbons (Fsp3) is 0.389. The lowest BCUT2D eigenvalue weighted by atomic mass is 9.89. The summed E-state index contributed by atoms with van der Waals surface area (Å²) in [6, 6.07) is 10.5. The predicted molar refractivity (Wildman–Crippen MR) is 88.6 cm³/mol. The Kier molecular flexibility index (Phi) is 5.26. The van der Waals surface area contributed by atoms with E-state index in [1.165, 1.54) is 6.07 Å². The summed E-state index contributed by atoms with van der Waals surface area (Å²) in [6.07, 6.45) is 3.06. The highest BCUT2D eigenvalue weighted by molar-refractivity contribution is 6.30. The van der Waals surface area contributed by atoms with Gasteiger partial charge in [-0.2, -0.15) is 0 Å². The fourth-order valence-electron chi connectivity index (χ4n) is 3.12. The summed E-state index contributed by atoms with van der Waals surface area (Å²) in [7, 11) is 0. The standard InChI is InChI=1S/C18H20ClFN2O/c19-15-11-13(4-5-16(15)20)12-22-9-6-14(7-10-22)18(23)17-3-1-2-8-21-17/h1-5,8,11,14,18,23H,6-7,9-10,12H2. The number of benzene rings is 1. The van der Waals surface area contributed by atoms with Gasteiger partial charge in [-0.05, 0) is 61.7 Å². The Labute approximate surface area is 140 Å². The molecule has 0 aliphatic carbocycles. The third-order valence-electron chi connectivity index (χ3n) is 4.46. The number of nitrogens with zero attached hydrogens (tertiary/aromatic N) is 2. The van der Waals surface area contributed by atoms with Crippen molar-refractivity contribution in [2.24, 2.45) is 5.92 Å². The number of piperidine rings is 1. The number of aliphatic hydroxyl groups excluding tert-OH is 1. The van der Waals surface area contributed by atoms with Crippen LogP contribution in [-0.4, -0.2) is 28.1 Å². The van der Waals surface area contributed by atoms with E-state index < -0.39 is 6.10 Å². The van der Waals surface area contributed by atoms with E-state index in [2.05, 4.69) is 9.88 Å². The molecular weight excluding hydrogens is 315 g/mol. The van der Waals surface area contributed by atoms with Gasteiger partial charge in [-0.25, -0.2) is 4.39 Å².